The Balaban J connectivity index is 2.69. The molecule has 1 aliphatic heterocycles. The first-order valence-corrected chi connectivity index (χ1v) is 3.88. The number of carbonyl (C=O) groups excluding carboxylic acids is 1. The second-order valence-electron chi connectivity index (χ2n) is 1.80. The molecule has 0 saturated carbocycles. The molecule has 0 amide bonds. The molecule has 0 unspecified atom stereocenters. The van der Waals surface area contributed by atoms with E-state index in [1.807, 2.05) is 0 Å². The average molecular weight is 186 g/mol. The van der Waals surface area contributed by atoms with Gasteiger partial charge in [-0.25, -0.2) is 4.31 Å². The van der Waals surface area contributed by atoms with Crippen LogP contribution in [0.3, 0.4) is 0 Å². The van der Waals surface area contributed by atoms with E-state index in [1.54, 1.807) is 11.4 Å². The Hall–Kier alpha value is 0.560. The fraction of sp³-hybridized carbons (Fsp3) is 0.750. The summed E-state index contributed by atoms with van der Waals surface area (Å²) in [5.74, 6) is 0. The maximum absolute atomic E-state index is 10.6. The first kappa shape index (κ1) is 7.66. The van der Waals surface area contributed by atoms with E-state index in [1.165, 1.54) is 0 Å². The normalized spacial score (nSPS) is 27.2. The second kappa shape index (κ2) is 2.31. The third-order valence-electron chi connectivity index (χ3n) is 1.06. The Labute approximate surface area is 67.6 Å². The monoisotopic (exact) mass is 185 g/mol. The quantitative estimate of drug-likeness (QED) is 0.325. The Morgan fingerprint density at radius 2 is 2.33 bits per heavy atom. The minimum absolute atomic E-state index is 0.0162. The van der Waals surface area contributed by atoms with Crippen molar-refractivity contribution in [2.75, 3.05) is 7.05 Å². The van der Waals surface area contributed by atoms with E-state index in [2.05, 4.69) is 0 Å². The van der Waals surface area contributed by atoms with Crippen molar-refractivity contribution >= 4 is 40.3 Å². The van der Waals surface area contributed by atoms with Crippen LogP contribution in [0, 0.1) is 0 Å². The molecule has 0 aromatic heterocycles. The van der Waals surface area contributed by atoms with Gasteiger partial charge < -0.3 is 0 Å². The van der Waals surface area contributed by atoms with Crippen molar-refractivity contribution in [2.24, 2.45) is 0 Å². The number of hydrogen-bond donors (Lipinski definition) is 0. The fourth-order valence-corrected chi connectivity index (χ4v) is 1.92. The predicted molar refractivity (Wildman–Crippen MR) is 39.4 cm³/mol. The fourth-order valence-electron chi connectivity index (χ4n) is 0.537. The minimum atomic E-state index is -0.984. The van der Waals surface area contributed by atoms with Crippen LogP contribution >= 0.6 is 35.1 Å². The van der Waals surface area contributed by atoms with Crippen LogP contribution in [0.15, 0.2) is 0 Å². The molecule has 5 heteroatoms. The van der Waals surface area contributed by atoms with Crippen molar-refractivity contribution in [1.82, 2.24) is 4.31 Å². The number of hydrogen-bond acceptors (Lipinski definition) is 3. The first-order valence-electron chi connectivity index (χ1n) is 2.35. The van der Waals surface area contributed by atoms with Crippen LogP contribution in [0.25, 0.3) is 0 Å². The highest BCUT2D eigenvalue weighted by Gasteiger charge is 2.40. The third-order valence-corrected chi connectivity index (χ3v) is 2.96. The van der Waals surface area contributed by atoms with Gasteiger partial charge in [0, 0.05) is 7.05 Å². The number of rotatable bonds is 0. The molecule has 0 N–H and O–H groups in total. The smallest absolute Gasteiger partial charge is 0.208 e. The van der Waals surface area contributed by atoms with Crippen LogP contribution in [0.1, 0.15) is 6.42 Å². The molecule has 1 heterocycles. The van der Waals surface area contributed by atoms with Gasteiger partial charge in [-0.15, -0.1) is 0 Å². The Kier molecular flexibility index (Phi) is 1.97. The summed E-state index contributed by atoms with van der Waals surface area (Å²) in [4.78, 5) is 10.6. The van der Waals surface area contributed by atoms with Gasteiger partial charge in [-0.3, -0.25) is 4.79 Å². The first-order chi connectivity index (χ1) is 4.02. The minimum Gasteiger partial charge on any atom is -0.286 e. The number of alkyl halides is 2. The van der Waals surface area contributed by atoms with Gasteiger partial charge in [0.2, 0.25) is 5.12 Å². The highest BCUT2D eigenvalue weighted by Crippen LogP contribution is 2.41. The number of carbonyl (C=O) groups is 1. The largest absolute Gasteiger partial charge is 0.286 e. The molecule has 0 radical (unpaired) electrons. The van der Waals surface area contributed by atoms with Gasteiger partial charge in [-0.1, -0.05) is 23.2 Å². The highest BCUT2D eigenvalue weighted by molar-refractivity contribution is 8.12. The summed E-state index contributed by atoms with van der Waals surface area (Å²) in [6, 6.07) is 0. The lowest BCUT2D eigenvalue weighted by molar-refractivity contribution is -0.110. The maximum Gasteiger partial charge on any atom is 0.208 e. The molecular formula is C4H5Cl2NOS. The summed E-state index contributed by atoms with van der Waals surface area (Å²) >= 11 is 12.4. The van der Waals surface area contributed by atoms with E-state index in [4.69, 9.17) is 23.2 Å². The van der Waals surface area contributed by atoms with Crippen LogP contribution in [-0.2, 0) is 4.79 Å². The highest BCUT2D eigenvalue weighted by atomic mass is 35.5. The lowest BCUT2D eigenvalue weighted by Gasteiger charge is -2.17. The molecule has 0 aromatic carbocycles. The molecule has 9 heavy (non-hydrogen) atoms. The lowest BCUT2D eigenvalue weighted by atomic mass is 10.4. The molecule has 2 nitrogen and oxygen atoms in total. The summed E-state index contributed by atoms with van der Waals surface area (Å²) in [5, 5.41) is 0.0162. The summed E-state index contributed by atoms with van der Waals surface area (Å²) in [5.41, 5.74) is 0. The van der Waals surface area contributed by atoms with E-state index in [9.17, 15) is 4.79 Å². The Morgan fingerprint density at radius 1 is 1.78 bits per heavy atom. The van der Waals surface area contributed by atoms with E-state index in [0.29, 0.717) is 0 Å². The van der Waals surface area contributed by atoms with Gasteiger partial charge in [-0.2, -0.15) is 0 Å². The Morgan fingerprint density at radius 3 is 2.44 bits per heavy atom. The van der Waals surface area contributed by atoms with Gasteiger partial charge in [-0.05, 0) is 11.9 Å². The summed E-state index contributed by atoms with van der Waals surface area (Å²) in [7, 11) is 1.69. The second-order valence-corrected chi connectivity index (χ2v) is 4.43. The van der Waals surface area contributed by atoms with Crippen molar-refractivity contribution in [1.29, 1.82) is 0 Å². The third kappa shape index (κ3) is 1.52. The van der Waals surface area contributed by atoms with Crippen molar-refractivity contribution in [3.8, 4) is 0 Å². The standard InChI is InChI=1S/C4H5Cl2NOS/c1-7-4(5,6)2-3(8)9-7/h2H2,1H3. The van der Waals surface area contributed by atoms with Crippen molar-refractivity contribution in [2.45, 2.75) is 10.9 Å². The van der Waals surface area contributed by atoms with Gasteiger partial charge in [0.15, 0.2) is 4.46 Å². The number of halogens is 2. The molecule has 0 aliphatic carbocycles. The van der Waals surface area contributed by atoms with Gasteiger partial charge in [0.05, 0.1) is 6.42 Å². The molecule has 0 aromatic rings. The van der Waals surface area contributed by atoms with E-state index >= 15 is 0 Å². The molecule has 1 rings (SSSR count). The molecular weight excluding hydrogens is 181 g/mol. The topological polar surface area (TPSA) is 20.3 Å². The average Bonchev–Trinajstić information content (AvgIpc) is 1.79. The van der Waals surface area contributed by atoms with Gasteiger partial charge >= 0.3 is 0 Å². The van der Waals surface area contributed by atoms with Crippen LogP contribution in [0.4, 0.5) is 0 Å². The zero-order valence-electron chi connectivity index (χ0n) is 4.73. The van der Waals surface area contributed by atoms with E-state index in [0.717, 1.165) is 11.9 Å². The molecule has 1 saturated heterocycles. The molecule has 0 spiro atoms. The molecule has 1 aliphatic rings. The summed E-state index contributed by atoms with van der Waals surface area (Å²) in [6.45, 7) is 0. The van der Waals surface area contributed by atoms with Gasteiger partial charge in [0.25, 0.3) is 0 Å². The molecule has 0 bridgehead atoms. The van der Waals surface area contributed by atoms with Crippen molar-refractivity contribution in [3.05, 3.63) is 0 Å². The van der Waals surface area contributed by atoms with Crippen LogP contribution in [0.5, 0.6) is 0 Å². The van der Waals surface area contributed by atoms with E-state index < -0.39 is 4.46 Å². The van der Waals surface area contributed by atoms with Crippen molar-refractivity contribution in [3.63, 3.8) is 0 Å². The zero-order chi connectivity index (χ0) is 7.07. The van der Waals surface area contributed by atoms with E-state index in [-0.39, 0.29) is 11.5 Å². The molecule has 52 valence electrons. The predicted octanol–water partition coefficient (Wildman–Crippen LogP) is 1.63. The number of nitrogens with zero attached hydrogens (tertiary/aromatic N) is 1. The SMILES string of the molecule is CN1SC(=O)CC1(Cl)Cl. The van der Waals surface area contributed by atoms with Crippen LogP contribution < -0.4 is 0 Å². The zero-order valence-corrected chi connectivity index (χ0v) is 7.06. The summed E-state index contributed by atoms with van der Waals surface area (Å²) in [6.07, 6.45) is 0.206. The van der Waals surface area contributed by atoms with Gasteiger partial charge in [0.1, 0.15) is 0 Å². The summed E-state index contributed by atoms with van der Waals surface area (Å²) < 4.78 is 0.556. The lowest BCUT2D eigenvalue weighted by Crippen LogP contribution is -2.24. The van der Waals surface area contributed by atoms with Crippen LogP contribution in [0.2, 0.25) is 0 Å². The van der Waals surface area contributed by atoms with Crippen LogP contribution in [-0.4, -0.2) is 20.9 Å². The Bertz CT molecular complexity index is 150. The molecule has 1 fully saturated rings. The molecule has 0 atom stereocenters. The van der Waals surface area contributed by atoms with Crippen molar-refractivity contribution < 1.29 is 4.79 Å². The maximum atomic E-state index is 10.6.